The van der Waals surface area contributed by atoms with Gasteiger partial charge < -0.3 is 10.2 Å². The van der Waals surface area contributed by atoms with E-state index in [9.17, 15) is 14.0 Å². The van der Waals surface area contributed by atoms with E-state index in [0.717, 1.165) is 36.1 Å². The van der Waals surface area contributed by atoms with Gasteiger partial charge in [-0.3, -0.25) is 9.59 Å². The number of likely N-dealkylation sites (tertiary alicyclic amines) is 1. The van der Waals surface area contributed by atoms with Crippen LogP contribution in [-0.4, -0.2) is 29.8 Å². The number of benzene rings is 2. The summed E-state index contributed by atoms with van der Waals surface area (Å²) in [5, 5.41) is 3.35. The monoisotopic (exact) mass is 428 g/mol. The molecule has 1 N–H and O–H groups in total. The van der Waals surface area contributed by atoms with Crippen molar-refractivity contribution in [3.63, 3.8) is 0 Å². The van der Waals surface area contributed by atoms with Crippen molar-refractivity contribution >= 4 is 29.1 Å². The van der Waals surface area contributed by atoms with Gasteiger partial charge in [-0.15, -0.1) is 0 Å². The summed E-state index contributed by atoms with van der Waals surface area (Å²) in [5.41, 5.74) is 3.77. The largest absolute Gasteiger partial charge is 0.342 e. The van der Waals surface area contributed by atoms with Crippen molar-refractivity contribution in [3.8, 4) is 0 Å². The van der Waals surface area contributed by atoms with E-state index >= 15 is 0 Å². The Hall–Kier alpha value is -2.40. The first-order chi connectivity index (χ1) is 14.3. The summed E-state index contributed by atoms with van der Waals surface area (Å²) in [6.45, 7) is 5.33. The minimum Gasteiger partial charge on any atom is -0.342 e. The molecule has 1 saturated carbocycles. The smallest absolute Gasteiger partial charge is 0.228 e. The maximum Gasteiger partial charge on any atom is 0.228 e. The van der Waals surface area contributed by atoms with Crippen LogP contribution in [0.15, 0.2) is 36.4 Å². The quantitative estimate of drug-likeness (QED) is 0.752. The van der Waals surface area contributed by atoms with Crippen molar-refractivity contribution in [2.75, 3.05) is 18.4 Å². The third-order valence-corrected chi connectivity index (χ3v) is 6.82. The Kier molecular flexibility index (Phi) is 5.58. The lowest BCUT2D eigenvalue weighted by Gasteiger charge is -2.33. The normalized spacial score (nSPS) is 19.6. The Balaban J connectivity index is 1.31. The molecule has 1 aliphatic heterocycles. The van der Waals surface area contributed by atoms with Crippen molar-refractivity contribution in [1.29, 1.82) is 0 Å². The maximum absolute atomic E-state index is 13.2. The average molecular weight is 429 g/mol. The van der Waals surface area contributed by atoms with Crippen molar-refractivity contribution in [1.82, 2.24) is 4.90 Å². The van der Waals surface area contributed by atoms with Gasteiger partial charge in [-0.05, 0) is 79.5 Å². The van der Waals surface area contributed by atoms with Crippen LogP contribution in [0.2, 0.25) is 5.02 Å². The number of carbonyl (C=O) groups excluding carboxylic acids is 2. The molecule has 0 aromatic heterocycles. The zero-order valence-electron chi connectivity index (χ0n) is 17.3. The molecule has 6 heteroatoms. The second-order valence-corrected chi connectivity index (χ2v) is 9.19. The van der Waals surface area contributed by atoms with E-state index in [0.29, 0.717) is 18.7 Å². The molecule has 158 valence electrons. The molecule has 0 unspecified atom stereocenters. The zero-order valence-corrected chi connectivity index (χ0v) is 18.1. The van der Waals surface area contributed by atoms with Crippen LogP contribution in [0.5, 0.6) is 0 Å². The fourth-order valence-electron chi connectivity index (χ4n) is 4.69. The Labute approximate surface area is 181 Å². The van der Waals surface area contributed by atoms with Crippen LogP contribution in [0.3, 0.4) is 0 Å². The van der Waals surface area contributed by atoms with Crippen molar-refractivity contribution in [3.05, 3.63) is 63.9 Å². The van der Waals surface area contributed by atoms with Gasteiger partial charge >= 0.3 is 0 Å². The summed E-state index contributed by atoms with van der Waals surface area (Å²) in [6, 6.07) is 10.2. The number of hydrogen-bond acceptors (Lipinski definition) is 2. The van der Waals surface area contributed by atoms with E-state index in [1.807, 2.05) is 30.9 Å². The van der Waals surface area contributed by atoms with E-state index < -0.39 is 5.82 Å². The summed E-state index contributed by atoms with van der Waals surface area (Å²) in [4.78, 5) is 27.2. The van der Waals surface area contributed by atoms with Crippen molar-refractivity contribution in [2.24, 2.45) is 11.3 Å². The fraction of sp³-hybridized carbons (Fsp3) is 0.417. The minimum absolute atomic E-state index is 0.00440. The number of amides is 2. The van der Waals surface area contributed by atoms with Crippen molar-refractivity contribution < 1.29 is 14.0 Å². The molecule has 2 aromatic carbocycles. The van der Waals surface area contributed by atoms with Crippen LogP contribution in [0.4, 0.5) is 10.1 Å². The second-order valence-electron chi connectivity index (χ2n) is 8.78. The van der Waals surface area contributed by atoms with E-state index in [1.54, 1.807) is 6.07 Å². The number of aryl methyl sites for hydroxylation is 2. The number of piperidine rings is 1. The van der Waals surface area contributed by atoms with E-state index in [-0.39, 0.29) is 34.6 Å². The number of nitrogens with zero attached hydrogens (tertiary/aromatic N) is 1. The first-order valence-corrected chi connectivity index (χ1v) is 10.7. The molecular formula is C24H26ClFN2O2. The topological polar surface area (TPSA) is 49.4 Å². The number of halogens is 2. The lowest BCUT2D eigenvalue weighted by molar-refractivity contribution is -0.132. The van der Waals surface area contributed by atoms with Crippen LogP contribution in [-0.2, 0) is 16.0 Å². The highest BCUT2D eigenvalue weighted by Crippen LogP contribution is 2.59. The molecule has 1 atom stereocenters. The molecule has 2 amide bonds. The molecule has 2 aliphatic rings. The molecule has 2 aromatic rings. The van der Waals surface area contributed by atoms with Gasteiger partial charge in [-0.1, -0.05) is 23.7 Å². The molecule has 30 heavy (non-hydrogen) atoms. The first kappa shape index (κ1) is 20.9. The maximum atomic E-state index is 13.2. The molecule has 0 radical (unpaired) electrons. The molecule has 1 heterocycles. The van der Waals surface area contributed by atoms with E-state index in [2.05, 4.69) is 11.4 Å². The zero-order chi connectivity index (χ0) is 21.5. The van der Waals surface area contributed by atoms with E-state index in [4.69, 9.17) is 11.6 Å². The van der Waals surface area contributed by atoms with Gasteiger partial charge in [0.1, 0.15) is 5.82 Å². The number of rotatable bonds is 4. The predicted octanol–water partition coefficient (Wildman–Crippen LogP) is 4.91. The second kappa shape index (κ2) is 8.03. The number of hydrogen-bond donors (Lipinski definition) is 1. The summed E-state index contributed by atoms with van der Waals surface area (Å²) in [7, 11) is 0. The first-order valence-electron chi connectivity index (χ1n) is 10.4. The molecule has 1 aliphatic carbocycles. The van der Waals surface area contributed by atoms with Crippen LogP contribution < -0.4 is 5.32 Å². The average Bonchev–Trinajstić information content (AvgIpc) is 3.37. The van der Waals surface area contributed by atoms with Crippen LogP contribution in [0.25, 0.3) is 0 Å². The van der Waals surface area contributed by atoms with E-state index in [1.165, 1.54) is 12.1 Å². The molecular weight excluding hydrogens is 403 g/mol. The molecule has 2 fully saturated rings. The highest BCUT2D eigenvalue weighted by atomic mass is 35.5. The van der Waals surface area contributed by atoms with Gasteiger partial charge in [-0.25, -0.2) is 4.39 Å². The van der Waals surface area contributed by atoms with Crippen LogP contribution in [0, 0.1) is 31.0 Å². The van der Waals surface area contributed by atoms with Crippen LogP contribution in [0.1, 0.15) is 36.0 Å². The molecule has 1 spiro atoms. The lowest BCUT2D eigenvalue weighted by atomic mass is 9.90. The van der Waals surface area contributed by atoms with Gasteiger partial charge in [0, 0.05) is 29.7 Å². The SMILES string of the molecule is Cc1cc(C)cc(NC(=O)[C@@H]2CC23CCN(C(=O)Cc2ccc(F)cc2Cl)CC3)c1. The highest BCUT2D eigenvalue weighted by Gasteiger charge is 2.58. The molecule has 4 nitrogen and oxygen atoms in total. The van der Waals surface area contributed by atoms with Gasteiger partial charge in [0.25, 0.3) is 0 Å². The Morgan fingerprint density at radius 1 is 1.13 bits per heavy atom. The third-order valence-electron chi connectivity index (χ3n) is 6.46. The fourth-order valence-corrected chi connectivity index (χ4v) is 4.92. The molecule has 4 rings (SSSR count). The summed E-state index contributed by atoms with van der Waals surface area (Å²) >= 11 is 6.05. The predicted molar refractivity (Wildman–Crippen MR) is 116 cm³/mol. The number of nitrogens with one attached hydrogen (secondary N) is 1. The Morgan fingerprint density at radius 2 is 1.80 bits per heavy atom. The van der Waals surface area contributed by atoms with Gasteiger partial charge in [-0.2, -0.15) is 0 Å². The summed E-state index contributed by atoms with van der Waals surface area (Å²) in [5.74, 6) is -0.315. The van der Waals surface area contributed by atoms with Crippen molar-refractivity contribution in [2.45, 2.75) is 39.5 Å². The van der Waals surface area contributed by atoms with Gasteiger partial charge in [0.15, 0.2) is 0 Å². The highest BCUT2D eigenvalue weighted by molar-refractivity contribution is 6.31. The Morgan fingerprint density at radius 3 is 2.43 bits per heavy atom. The summed E-state index contributed by atoms with van der Waals surface area (Å²) < 4.78 is 13.2. The van der Waals surface area contributed by atoms with Gasteiger partial charge in [0.05, 0.1) is 6.42 Å². The number of anilines is 1. The lowest BCUT2D eigenvalue weighted by Crippen LogP contribution is -2.41. The molecule has 1 saturated heterocycles. The standard InChI is InChI=1S/C24H26ClFN2O2/c1-15-9-16(2)11-19(10-15)27-23(30)20-14-24(20)5-7-28(8-6-24)22(29)12-17-3-4-18(26)13-21(17)25/h3-4,9-11,13,20H,5-8,12,14H2,1-2H3,(H,27,30)/t20-/m0/s1. The van der Waals surface area contributed by atoms with Crippen LogP contribution >= 0.6 is 11.6 Å². The molecule has 0 bridgehead atoms. The number of carbonyl (C=O) groups is 2. The minimum atomic E-state index is -0.407. The Bertz CT molecular complexity index is 978. The third kappa shape index (κ3) is 4.36. The van der Waals surface area contributed by atoms with Gasteiger partial charge in [0.2, 0.25) is 11.8 Å². The summed E-state index contributed by atoms with van der Waals surface area (Å²) in [6.07, 6.45) is 2.72.